The summed E-state index contributed by atoms with van der Waals surface area (Å²) in [5.41, 5.74) is 4.74. The largest absolute Gasteiger partial charge is 0.496 e. The van der Waals surface area contributed by atoms with Gasteiger partial charge in [-0.15, -0.1) is 0 Å². The quantitative estimate of drug-likeness (QED) is 0.334. The first kappa shape index (κ1) is 26.8. The van der Waals surface area contributed by atoms with Gasteiger partial charge in [-0.3, -0.25) is 9.59 Å². The minimum atomic E-state index is -0.777. The molecule has 0 atom stereocenters. The smallest absolute Gasteiger partial charge is 0.303 e. The predicted molar refractivity (Wildman–Crippen MR) is 141 cm³/mol. The van der Waals surface area contributed by atoms with Crippen molar-refractivity contribution in [2.75, 3.05) is 20.8 Å². The lowest BCUT2D eigenvalue weighted by molar-refractivity contribution is -0.137. The van der Waals surface area contributed by atoms with Crippen molar-refractivity contribution in [1.29, 1.82) is 0 Å². The lowest BCUT2D eigenvalue weighted by Crippen LogP contribution is -2.32. The summed E-state index contributed by atoms with van der Waals surface area (Å²) in [5, 5.41) is 8.85. The monoisotopic (exact) mass is 489 g/mol. The highest BCUT2D eigenvalue weighted by Gasteiger charge is 2.20. The van der Waals surface area contributed by atoms with E-state index in [4.69, 9.17) is 14.6 Å². The van der Waals surface area contributed by atoms with Crippen LogP contribution in [-0.2, 0) is 24.2 Å². The molecule has 3 aromatic carbocycles. The fourth-order valence-corrected chi connectivity index (χ4v) is 4.24. The Morgan fingerprint density at radius 1 is 0.806 bits per heavy atom. The Kier molecular flexibility index (Phi) is 9.92. The number of hydrogen-bond acceptors (Lipinski definition) is 4. The van der Waals surface area contributed by atoms with E-state index in [0.29, 0.717) is 36.6 Å². The third-order valence-electron chi connectivity index (χ3n) is 6.28. The molecule has 0 unspecified atom stereocenters. The van der Waals surface area contributed by atoms with Gasteiger partial charge in [0.05, 0.1) is 14.2 Å². The zero-order valence-corrected chi connectivity index (χ0v) is 21.3. The van der Waals surface area contributed by atoms with Crippen LogP contribution in [0.5, 0.6) is 11.5 Å². The second kappa shape index (κ2) is 13.3. The van der Waals surface area contributed by atoms with E-state index in [0.717, 1.165) is 36.0 Å². The predicted octanol–water partition coefficient (Wildman–Crippen LogP) is 5.69. The molecule has 1 amide bonds. The van der Waals surface area contributed by atoms with E-state index in [-0.39, 0.29) is 12.3 Å². The maximum atomic E-state index is 13.7. The Morgan fingerprint density at radius 2 is 1.36 bits per heavy atom. The van der Waals surface area contributed by atoms with Gasteiger partial charge in [0.15, 0.2) is 0 Å². The standard InChI is InChI=1S/C30H35NO5/c1-22-27(35-2)19-26(20-28(22)36-3)30(34)31(18-8-12-23-9-5-4-6-10-23)21-25-16-14-24(15-17-25)11-7-13-29(32)33/h4-6,9-10,14-17,19-20H,7-8,11-13,18,21H2,1-3H3,(H,32,33). The van der Waals surface area contributed by atoms with Crippen LogP contribution in [0.1, 0.15) is 51.9 Å². The third-order valence-corrected chi connectivity index (χ3v) is 6.28. The molecule has 3 rings (SSSR count). The van der Waals surface area contributed by atoms with Crippen LogP contribution in [0.25, 0.3) is 0 Å². The van der Waals surface area contributed by atoms with E-state index in [9.17, 15) is 9.59 Å². The zero-order chi connectivity index (χ0) is 25.9. The molecule has 0 aliphatic heterocycles. The number of aliphatic carboxylic acids is 1. The number of nitrogens with zero attached hydrogens (tertiary/aromatic N) is 1. The van der Waals surface area contributed by atoms with Crippen LogP contribution < -0.4 is 9.47 Å². The number of carbonyl (C=O) groups is 2. The molecule has 0 spiro atoms. The van der Waals surface area contributed by atoms with Crippen molar-refractivity contribution in [1.82, 2.24) is 4.90 Å². The number of carboxylic acid groups (broad SMARTS) is 1. The molecule has 0 saturated carbocycles. The van der Waals surface area contributed by atoms with Crippen LogP contribution >= 0.6 is 0 Å². The molecule has 6 nitrogen and oxygen atoms in total. The van der Waals surface area contributed by atoms with Crippen LogP contribution in [-0.4, -0.2) is 42.6 Å². The highest BCUT2D eigenvalue weighted by atomic mass is 16.5. The van der Waals surface area contributed by atoms with Gasteiger partial charge in [-0.1, -0.05) is 54.6 Å². The van der Waals surface area contributed by atoms with Gasteiger partial charge in [-0.05, 0) is 61.4 Å². The first-order chi connectivity index (χ1) is 17.4. The normalized spacial score (nSPS) is 10.6. The summed E-state index contributed by atoms with van der Waals surface area (Å²) in [6.45, 7) is 2.98. The molecule has 0 aliphatic rings. The van der Waals surface area contributed by atoms with Gasteiger partial charge in [-0.2, -0.15) is 0 Å². The number of methoxy groups -OCH3 is 2. The van der Waals surface area contributed by atoms with E-state index in [1.54, 1.807) is 26.4 Å². The molecular formula is C30H35NO5. The molecule has 0 aliphatic carbocycles. The first-order valence-corrected chi connectivity index (χ1v) is 12.3. The van der Waals surface area contributed by atoms with E-state index >= 15 is 0 Å². The molecule has 0 heterocycles. The van der Waals surface area contributed by atoms with E-state index in [1.165, 1.54) is 5.56 Å². The number of carbonyl (C=O) groups excluding carboxylic acids is 1. The van der Waals surface area contributed by atoms with Crippen molar-refractivity contribution in [2.24, 2.45) is 0 Å². The van der Waals surface area contributed by atoms with Gasteiger partial charge in [0.25, 0.3) is 5.91 Å². The lowest BCUT2D eigenvalue weighted by Gasteiger charge is -2.24. The summed E-state index contributed by atoms with van der Waals surface area (Å²) >= 11 is 0. The summed E-state index contributed by atoms with van der Waals surface area (Å²) in [7, 11) is 3.18. The summed E-state index contributed by atoms with van der Waals surface area (Å²) in [4.78, 5) is 26.3. The molecule has 36 heavy (non-hydrogen) atoms. The van der Waals surface area contributed by atoms with Gasteiger partial charge >= 0.3 is 5.97 Å². The molecule has 3 aromatic rings. The Bertz CT molecular complexity index is 1120. The maximum Gasteiger partial charge on any atom is 0.303 e. The Labute approximate surface area is 213 Å². The van der Waals surface area contributed by atoms with Gasteiger partial charge in [0.2, 0.25) is 0 Å². The molecule has 0 aromatic heterocycles. The zero-order valence-electron chi connectivity index (χ0n) is 21.3. The Hall–Kier alpha value is -3.80. The summed E-state index contributed by atoms with van der Waals surface area (Å²) in [6, 6.07) is 21.9. The highest BCUT2D eigenvalue weighted by molar-refractivity contribution is 5.95. The number of benzene rings is 3. The van der Waals surface area contributed by atoms with Crippen LogP contribution in [0, 0.1) is 6.92 Å². The number of carboxylic acids is 1. The molecule has 0 fully saturated rings. The SMILES string of the molecule is COc1cc(C(=O)N(CCCc2ccccc2)Cc2ccc(CCCC(=O)O)cc2)cc(OC)c1C. The van der Waals surface area contributed by atoms with Gasteiger partial charge < -0.3 is 19.5 Å². The van der Waals surface area contributed by atoms with Crippen LogP contribution in [0.4, 0.5) is 0 Å². The van der Waals surface area contributed by atoms with Gasteiger partial charge in [0, 0.05) is 30.6 Å². The molecule has 1 N–H and O–H groups in total. The minimum Gasteiger partial charge on any atom is -0.496 e. The summed E-state index contributed by atoms with van der Waals surface area (Å²) in [5.74, 6) is 0.381. The van der Waals surface area contributed by atoms with Gasteiger partial charge in [-0.25, -0.2) is 0 Å². The van der Waals surface area contributed by atoms with Crippen molar-refractivity contribution in [3.8, 4) is 11.5 Å². The van der Waals surface area contributed by atoms with Crippen LogP contribution in [0.3, 0.4) is 0 Å². The van der Waals surface area contributed by atoms with Gasteiger partial charge in [0.1, 0.15) is 11.5 Å². The summed E-state index contributed by atoms with van der Waals surface area (Å²) in [6.07, 6.45) is 3.21. The molecule has 190 valence electrons. The number of ether oxygens (including phenoxy) is 2. The Balaban J connectivity index is 1.77. The average Bonchev–Trinajstić information content (AvgIpc) is 2.89. The molecular weight excluding hydrogens is 454 g/mol. The second-order valence-corrected chi connectivity index (χ2v) is 8.89. The second-order valence-electron chi connectivity index (χ2n) is 8.89. The van der Waals surface area contributed by atoms with E-state index < -0.39 is 5.97 Å². The number of rotatable bonds is 13. The fraction of sp³-hybridized carbons (Fsp3) is 0.333. The number of amides is 1. The van der Waals surface area contributed by atoms with Crippen molar-refractivity contribution >= 4 is 11.9 Å². The van der Waals surface area contributed by atoms with Crippen LogP contribution in [0.15, 0.2) is 66.7 Å². The van der Waals surface area contributed by atoms with Crippen LogP contribution in [0.2, 0.25) is 0 Å². The van der Waals surface area contributed by atoms with Crippen molar-refractivity contribution < 1.29 is 24.2 Å². The lowest BCUT2D eigenvalue weighted by atomic mass is 10.0. The molecule has 0 saturated heterocycles. The highest BCUT2D eigenvalue weighted by Crippen LogP contribution is 2.30. The van der Waals surface area contributed by atoms with Crippen molar-refractivity contribution in [3.63, 3.8) is 0 Å². The molecule has 6 heteroatoms. The molecule has 0 bridgehead atoms. The maximum absolute atomic E-state index is 13.7. The topological polar surface area (TPSA) is 76.1 Å². The van der Waals surface area contributed by atoms with E-state index in [2.05, 4.69) is 12.1 Å². The van der Waals surface area contributed by atoms with Crippen molar-refractivity contribution in [2.45, 2.75) is 45.6 Å². The first-order valence-electron chi connectivity index (χ1n) is 12.3. The number of aryl methyl sites for hydroxylation is 2. The van der Waals surface area contributed by atoms with Crippen molar-refractivity contribution in [3.05, 3.63) is 94.5 Å². The summed E-state index contributed by atoms with van der Waals surface area (Å²) < 4.78 is 11.0. The molecule has 0 radical (unpaired) electrons. The fourth-order valence-electron chi connectivity index (χ4n) is 4.24. The third kappa shape index (κ3) is 7.60. The number of hydrogen-bond donors (Lipinski definition) is 1. The average molecular weight is 490 g/mol. The minimum absolute atomic E-state index is 0.0785. The van der Waals surface area contributed by atoms with E-state index in [1.807, 2.05) is 54.3 Å². The Morgan fingerprint density at radius 3 is 1.94 bits per heavy atom.